The van der Waals surface area contributed by atoms with Crippen molar-refractivity contribution in [2.24, 2.45) is 0 Å². The molecule has 88 valence electrons. The Morgan fingerprint density at radius 1 is 0.944 bits per heavy atom. The summed E-state index contributed by atoms with van der Waals surface area (Å²) in [6.07, 6.45) is 3.13. The van der Waals surface area contributed by atoms with Gasteiger partial charge in [0.25, 0.3) is 0 Å². The Morgan fingerprint density at radius 2 is 1.78 bits per heavy atom. The molecule has 0 saturated carbocycles. The molecule has 18 heavy (non-hydrogen) atoms. The molecule has 2 heterocycles. The number of para-hydroxylation sites is 1. The predicted molar refractivity (Wildman–Crippen MR) is 66.8 cm³/mol. The Kier molecular flexibility index (Phi) is 2.61. The Bertz CT molecular complexity index is 662. The van der Waals surface area contributed by atoms with Crippen molar-refractivity contribution in [1.29, 1.82) is 0 Å². The lowest BCUT2D eigenvalue weighted by Gasteiger charge is -2.06. The Balaban J connectivity index is 2.13. The quantitative estimate of drug-likeness (QED) is 0.688. The molecule has 0 bridgehead atoms. The van der Waals surface area contributed by atoms with E-state index in [0.717, 1.165) is 11.4 Å². The molecule has 0 spiro atoms. The second-order valence-corrected chi connectivity index (χ2v) is 3.82. The number of hydrogen-bond acceptors (Lipinski definition) is 2. The van der Waals surface area contributed by atoms with Gasteiger partial charge < -0.3 is 0 Å². The van der Waals surface area contributed by atoms with Crippen LogP contribution >= 0.6 is 0 Å². The van der Waals surface area contributed by atoms with Gasteiger partial charge in [0.1, 0.15) is 5.82 Å². The van der Waals surface area contributed by atoms with Crippen LogP contribution in [0.2, 0.25) is 0 Å². The first kappa shape index (κ1) is 10.7. The summed E-state index contributed by atoms with van der Waals surface area (Å²) in [6.45, 7) is 0. The van der Waals surface area contributed by atoms with Crippen molar-refractivity contribution in [2.75, 3.05) is 0 Å². The summed E-state index contributed by atoms with van der Waals surface area (Å²) >= 11 is 0. The third kappa shape index (κ3) is 1.88. The summed E-state index contributed by atoms with van der Waals surface area (Å²) in [7, 11) is 0. The van der Waals surface area contributed by atoms with Crippen LogP contribution in [0.25, 0.3) is 17.1 Å². The van der Waals surface area contributed by atoms with E-state index in [1.165, 1.54) is 18.3 Å². The lowest BCUT2D eigenvalue weighted by atomic mass is 10.2. The van der Waals surface area contributed by atoms with Crippen molar-refractivity contribution in [1.82, 2.24) is 14.8 Å². The zero-order chi connectivity index (χ0) is 12.4. The molecule has 0 unspecified atom stereocenters. The van der Waals surface area contributed by atoms with Gasteiger partial charge in [-0.05, 0) is 24.3 Å². The number of aromatic nitrogens is 3. The molecule has 2 aromatic heterocycles. The van der Waals surface area contributed by atoms with Crippen LogP contribution < -0.4 is 0 Å². The first-order chi connectivity index (χ1) is 8.84. The average Bonchev–Trinajstić information content (AvgIpc) is 2.89. The molecule has 0 aliphatic heterocycles. The van der Waals surface area contributed by atoms with Crippen LogP contribution in [0, 0.1) is 5.82 Å². The standard InChI is InChI=1S/C14H10FN3/c15-11-6-8-16-13(10-11)14-7-9-17-18(14)12-4-2-1-3-5-12/h1-10H. The van der Waals surface area contributed by atoms with Gasteiger partial charge in [-0.1, -0.05) is 18.2 Å². The maximum Gasteiger partial charge on any atom is 0.126 e. The van der Waals surface area contributed by atoms with Gasteiger partial charge in [0.15, 0.2) is 0 Å². The van der Waals surface area contributed by atoms with Gasteiger partial charge in [0.2, 0.25) is 0 Å². The maximum absolute atomic E-state index is 13.2. The number of rotatable bonds is 2. The lowest BCUT2D eigenvalue weighted by Crippen LogP contribution is -1.99. The molecule has 1 aromatic carbocycles. The molecule has 0 fully saturated rings. The topological polar surface area (TPSA) is 30.7 Å². The first-order valence-electron chi connectivity index (χ1n) is 5.56. The van der Waals surface area contributed by atoms with Crippen LogP contribution in [-0.4, -0.2) is 14.8 Å². The van der Waals surface area contributed by atoms with E-state index in [1.54, 1.807) is 10.9 Å². The Hall–Kier alpha value is -2.49. The van der Waals surface area contributed by atoms with Gasteiger partial charge in [-0.25, -0.2) is 9.07 Å². The van der Waals surface area contributed by atoms with Crippen molar-refractivity contribution in [2.45, 2.75) is 0 Å². The van der Waals surface area contributed by atoms with E-state index >= 15 is 0 Å². The zero-order valence-electron chi connectivity index (χ0n) is 9.49. The zero-order valence-corrected chi connectivity index (χ0v) is 9.49. The molecule has 3 rings (SSSR count). The van der Waals surface area contributed by atoms with E-state index in [-0.39, 0.29) is 5.82 Å². The largest absolute Gasteiger partial charge is 0.254 e. The van der Waals surface area contributed by atoms with E-state index in [0.29, 0.717) is 5.69 Å². The minimum absolute atomic E-state index is 0.305. The minimum Gasteiger partial charge on any atom is -0.254 e. The Morgan fingerprint density at radius 3 is 2.56 bits per heavy atom. The van der Waals surface area contributed by atoms with Crippen LogP contribution in [0.4, 0.5) is 4.39 Å². The van der Waals surface area contributed by atoms with Crippen molar-refractivity contribution in [3.63, 3.8) is 0 Å². The van der Waals surface area contributed by atoms with Crippen molar-refractivity contribution < 1.29 is 4.39 Å². The summed E-state index contributed by atoms with van der Waals surface area (Å²) in [6, 6.07) is 14.2. The highest BCUT2D eigenvalue weighted by atomic mass is 19.1. The Labute approximate surface area is 104 Å². The highest BCUT2D eigenvalue weighted by Crippen LogP contribution is 2.20. The normalized spacial score (nSPS) is 10.5. The molecular formula is C14H10FN3. The van der Waals surface area contributed by atoms with E-state index in [9.17, 15) is 4.39 Å². The fourth-order valence-corrected chi connectivity index (χ4v) is 1.82. The van der Waals surface area contributed by atoms with Crippen LogP contribution in [0.15, 0.2) is 60.9 Å². The predicted octanol–water partition coefficient (Wildman–Crippen LogP) is 3.07. The van der Waals surface area contributed by atoms with Crippen LogP contribution in [0.1, 0.15) is 0 Å². The molecule has 0 amide bonds. The third-order valence-electron chi connectivity index (χ3n) is 2.63. The van der Waals surface area contributed by atoms with Gasteiger partial charge in [0, 0.05) is 12.3 Å². The van der Waals surface area contributed by atoms with E-state index in [2.05, 4.69) is 10.1 Å². The second-order valence-electron chi connectivity index (χ2n) is 3.82. The summed E-state index contributed by atoms with van der Waals surface area (Å²) in [5, 5.41) is 4.25. The monoisotopic (exact) mass is 239 g/mol. The van der Waals surface area contributed by atoms with E-state index in [4.69, 9.17) is 0 Å². The smallest absolute Gasteiger partial charge is 0.126 e. The molecule has 0 aliphatic rings. The van der Waals surface area contributed by atoms with Gasteiger partial charge in [0.05, 0.1) is 23.3 Å². The van der Waals surface area contributed by atoms with Crippen molar-refractivity contribution in [3.05, 3.63) is 66.7 Å². The molecule has 3 aromatic rings. The fraction of sp³-hybridized carbons (Fsp3) is 0. The average molecular weight is 239 g/mol. The maximum atomic E-state index is 13.2. The van der Waals surface area contributed by atoms with E-state index < -0.39 is 0 Å². The molecule has 0 radical (unpaired) electrons. The summed E-state index contributed by atoms with van der Waals surface area (Å²) in [4.78, 5) is 4.17. The summed E-state index contributed by atoms with van der Waals surface area (Å²) in [5.74, 6) is -0.305. The van der Waals surface area contributed by atoms with Crippen molar-refractivity contribution >= 4 is 0 Å². The summed E-state index contributed by atoms with van der Waals surface area (Å²) in [5.41, 5.74) is 2.25. The highest BCUT2D eigenvalue weighted by molar-refractivity contribution is 5.57. The number of hydrogen-bond donors (Lipinski definition) is 0. The van der Waals surface area contributed by atoms with Crippen LogP contribution in [0.3, 0.4) is 0 Å². The van der Waals surface area contributed by atoms with Gasteiger partial charge in [-0.15, -0.1) is 0 Å². The third-order valence-corrected chi connectivity index (χ3v) is 2.63. The van der Waals surface area contributed by atoms with Crippen LogP contribution in [-0.2, 0) is 0 Å². The molecule has 0 atom stereocenters. The number of nitrogens with zero attached hydrogens (tertiary/aromatic N) is 3. The first-order valence-corrected chi connectivity index (χ1v) is 5.56. The number of halogens is 1. The van der Waals surface area contributed by atoms with Gasteiger partial charge in [-0.3, -0.25) is 4.98 Å². The van der Waals surface area contributed by atoms with Gasteiger partial charge in [-0.2, -0.15) is 5.10 Å². The number of benzene rings is 1. The molecular weight excluding hydrogens is 229 g/mol. The highest BCUT2D eigenvalue weighted by Gasteiger charge is 2.08. The number of pyridine rings is 1. The molecule has 4 heteroatoms. The fourth-order valence-electron chi connectivity index (χ4n) is 1.82. The molecule has 0 saturated heterocycles. The van der Waals surface area contributed by atoms with Crippen LogP contribution in [0.5, 0.6) is 0 Å². The molecule has 0 aliphatic carbocycles. The minimum atomic E-state index is -0.305. The van der Waals surface area contributed by atoms with Crippen molar-refractivity contribution in [3.8, 4) is 17.1 Å². The molecule has 3 nitrogen and oxygen atoms in total. The molecule has 0 N–H and O–H groups in total. The lowest BCUT2D eigenvalue weighted by molar-refractivity contribution is 0.626. The van der Waals surface area contributed by atoms with E-state index in [1.807, 2.05) is 36.4 Å². The van der Waals surface area contributed by atoms with Gasteiger partial charge >= 0.3 is 0 Å². The SMILES string of the molecule is Fc1ccnc(-c2ccnn2-c2ccccc2)c1. The second kappa shape index (κ2) is 4.41. The summed E-state index contributed by atoms with van der Waals surface area (Å²) < 4.78 is 15.0.